The van der Waals surface area contributed by atoms with Crippen LogP contribution in [-0.4, -0.2) is 9.55 Å². The number of benzene rings is 1. The molecule has 1 aromatic carbocycles. The van der Waals surface area contributed by atoms with E-state index in [1.807, 2.05) is 32.0 Å². The van der Waals surface area contributed by atoms with Crippen LogP contribution in [0.3, 0.4) is 0 Å². The van der Waals surface area contributed by atoms with Gasteiger partial charge in [0.2, 0.25) is 0 Å². The lowest BCUT2D eigenvalue weighted by Crippen LogP contribution is -2.32. The minimum absolute atomic E-state index is 0.300. The molecule has 0 saturated heterocycles. The fourth-order valence-electron chi connectivity index (χ4n) is 1.93. The molecule has 0 unspecified atom stereocenters. The summed E-state index contributed by atoms with van der Waals surface area (Å²) in [6.45, 7) is 3.91. The van der Waals surface area contributed by atoms with E-state index >= 15 is 0 Å². The van der Waals surface area contributed by atoms with E-state index in [1.54, 1.807) is 0 Å². The average Bonchev–Trinajstić information content (AvgIpc) is 2.25. The molecule has 1 N–H and O–H groups in total. The summed E-state index contributed by atoms with van der Waals surface area (Å²) in [5.41, 5.74) is 2.88. The highest BCUT2D eigenvalue weighted by molar-refractivity contribution is 5.66. The first-order valence-electron chi connectivity index (χ1n) is 5.37. The van der Waals surface area contributed by atoms with Crippen molar-refractivity contribution in [3.63, 3.8) is 0 Å². The number of H-pyrrole nitrogens is 1. The summed E-state index contributed by atoms with van der Waals surface area (Å²) in [6, 6.07) is 7.32. The Kier molecular flexibility index (Phi) is 2.71. The van der Waals surface area contributed by atoms with Crippen molar-refractivity contribution < 1.29 is 0 Å². The molecule has 0 aliphatic heterocycles. The van der Waals surface area contributed by atoms with Gasteiger partial charge in [0.15, 0.2) is 0 Å². The molecule has 17 heavy (non-hydrogen) atoms. The van der Waals surface area contributed by atoms with Gasteiger partial charge in [-0.2, -0.15) is 0 Å². The first-order valence-corrected chi connectivity index (χ1v) is 5.37. The number of rotatable bonds is 1. The first-order chi connectivity index (χ1) is 8.00. The van der Waals surface area contributed by atoms with E-state index in [0.717, 1.165) is 21.3 Å². The molecule has 88 valence electrons. The van der Waals surface area contributed by atoms with Crippen LogP contribution in [0.5, 0.6) is 0 Å². The third kappa shape index (κ3) is 1.93. The maximum Gasteiger partial charge on any atom is 0.328 e. The molecule has 1 heterocycles. The second-order valence-electron chi connectivity index (χ2n) is 4.15. The number of nitrogens with one attached hydrogen (secondary N) is 1. The van der Waals surface area contributed by atoms with Gasteiger partial charge in [0.05, 0.1) is 5.69 Å². The van der Waals surface area contributed by atoms with Gasteiger partial charge < -0.3 is 4.98 Å². The summed E-state index contributed by atoms with van der Waals surface area (Å²) in [7, 11) is 1.45. The quantitative estimate of drug-likeness (QED) is 0.804. The topological polar surface area (TPSA) is 54.9 Å². The predicted molar refractivity (Wildman–Crippen MR) is 67.2 cm³/mol. The highest BCUT2D eigenvalue weighted by Crippen LogP contribution is 2.23. The zero-order valence-electron chi connectivity index (χ0n) is 10.1. The highest BCUT2D eigenvalue weighted by Gasteiger charge is 2.08. The summed E-state index contributed by atoms with van der Waals surface area (Å²) >= 11 is 0. The van der Waals surface area contributed by atoms with Crippen LogP contribution < -0.4 is 11.2 Å². The minimum atomic E-state index is -0.393. The van der Waals surface area contributed by atoms with E-state index in [4.69, 9.17) is 0 Å². The molecule has 0 aliphatic carbocycles. The Morgan fingerprint density at radius 3 is 2.24 bits per heavy atom. The molecule has 2 aromatic rings. The van der Waals surface area contributed by atoms with Crippen molar-refractivity contribution in [1.29, 1.82) is 0 Å². The summed E-state index contributed by atoms with van der Waals surface area (Å²) < 4.78 is 1.05. The SMILES string of the molecule is Cc1cccc(C)c1-c1cc(=O)n(C)c(=O)[nH]1. The van der Waals surface area contributed by atoms with Crippen LogP contribution in [0.25, 0.3) is 11.3 Å². The van der Waals surface area contributed by atoms with Crippen LogP contribution in [0.4, 0.5) is 0 Å². The molecule has 4 nitrogen and oxygen atoms in total. The number of nitrogens with zero attached hydrogens (tertiary/aromatic N) is 1. The van der Waals surface area contributed by atoms with Crippen LogP contribution in [0.1, 0.15) is 11.1 Å². The average molecular weight is 230 g/mol. The van der Waals surface area contributed by atoms with Crippen molar-refractivity contribution >= 4 is 0 Å². The van der Waals surface area contributed by atoms with Gasteiger partial charge in [-0.15, -0.1) is 0 Å². The van der Waals surface area contributed by atoms with Crippen molar-refractivity contribution in [2.24, 2.45) is 7.05 Å². The van der Waals surface area contributed by atoms with Crippen molar-refractivity contribution in [1.82, 2.24) is 9.55 Å². The molecule has 2 rings (SSSR count). The molecule has 1 aromatic heterocycles. The second-order valence-corrected chi connectivity index (χ2v) is 4.15. The Morgan fingerprint density at radius 2 is 1.71 bits per heavy atom. The van der Waals surface area contributed by atoms with Crippen molar-refractivity contribution in [2.75, 3.05) is 0 Å². The Hall–Kier alpha value is -2.10. The monoisotopic (exact) mass is 230 g/mol. The number of aromatic amines is 1. The van der Waals surface area contributed by atoms with Crippen LogP contribution in [0, 0.1) is 13.8 Å². The molecular formula is C13H14N2O2. The molecule has 0 bridgehead atoms. The maximum absolute atomic E-state index is 11.6. The Bertz CT molecular complexity index is 629. The summed E-state index contributed by atoms with van der Waals surface area (Å²) in [5, 5.41) is 0. The Balaban J connectivity index is 2.79. The lowest BCUT2D eigenvalue weighted by molar-refractivity contribution is 0.778. The van der Waals surface area contributed by atoms with Gasteiger partial charge in [-0.1, -0.05) is 18.2 Å². The van der Waals surface area contributed by atoms with Crippen LogP contribution >= 0.6 is 0 Å². The molecule has 0 saturated carbocycles. The number of hydrogen-bond donors (Lipinski definition) is 1. The smallest absolute Gasteiger partial charge is 0.307 e. The van der Waals surface area contributed by atoms with Crippen LogP contribution in [-0.2, 0) is 7.05 Å². The molecule has 0 spiro atoms. The molecule has 0 aliphatic rings. The van der Waals surface area contributed by atoms with Gasteiger partial charge in [-0.25, -0.2) is 4.79 Å². The van der Waals surface area contributed by atoms with Gasteiger partial charge in [-0.3, -0.25) is 9.36 Å². The summed E-state index contributed by atoms with van der Waals surface area (Å²) in [5.74, 6) is 0. The third-order valence-electron chi connectivity index (χ3n) is 2.90. The van der Waals surface area contributed by atoms with Crippen LogP contribution in [0.2, 0.25) is 0 Å². The van der Waals surface area contributed by atoms with E-state index in [-0.39, 0.29) is 5.56 Å². The zero-order valence-corrected chi connectivity index (χ0v) is 10.1. The molecule has 0 atom stereocenters. The lowest BCUT2D eigenvalue weighted by Gasteiger charge is -2.09. The number of aryl methyl sites for hydroxylation is 2. The summed E-state index contributed by atoms with van der Waals surface area (Å²) in [6.07, 6.45) is 0. The first kappa shape index (κ1) is 11.4. The zero-order chi connectivity index (χ0) is 12.6. The van der Waals surface area contributed by atoms with E-state index < -0.39 is 5.69 Å². The molecule has 4 heteroatoms. The molecular weight excluding hydrogens is 216 g/mol. The Labute approximate surface area is 98.6 Å². The largest absolute Gasteiger partial charge is 0.328 e. The van der Waals surface area contributed by atoms with Gasteiger partial charge in [0.25, 0.3) is 5.56 Å². The van der Waals surface area contributed by atoms with Crippen molar-refractivity contribution in [3.8, 4) is 11.3 Å². The van der Waals surface area contributed by atoms with E-state index in [9.17, 15) is 9.59 Å². The van der Waals surface area contributed by atoms with Crippen molar-refractivity contribution in [3.05, 3.63) is 56.2 Å². The van der Waals surface area contributed by atoms with E-state index in [1.165, 1.54) is 13.1 Å². The Morgan fingerprint density at radius 1 is 1.12 bits per heavy atom. The minimum Gasteiger partial charge on any atom is -0.307 e. The number of aromatic nitrogens is 2. The molecule has 0 radical (unpaired) electrons. The number of hydrogen-bond acceptors (Lipinski definition) is 2. The fraction of sp³-hybridized carbons (Fsp3) is 0.231. The fourth-order valence-corrected chi connectivity index (χ4v) is 1.93. The summed E-state index contributed by atoms with van der Waals surface area (Å²) in [4.78, 5) is 25.9. The molecule has 0 fully saturated rings. The van der Waals surface area contributed by atoms with Crippen molar-refractivity contribution in [2.45, 2.75) is 13.8 Å². The highest BCUT2D eigenvalue weighted by atomic mass is 16.2. The third-order valence-corrected chi connectivity index (χ3v) is 2.90. The lowest BCUT2D eigenvalue weighted by atomic mass is 10.00. The van der Waals surface area contributed by atoms with Gasteiger partial charge in [-0.05, 0) is 25.0 Å². The van der Waals surface area contributed by atoms with Gasteiger partial charge in [0.1, 0.15) is 0 Å². The van der Waals surface area contributed by atoms with Gasteiger partial charge in [0, 0.05) is 18.7 Å². The normalized spacial score (nSPS) is 10.5. The van der Waals surface area contributed by atoms with Gasteiger partial charge >= 0.3 is 5.69 Å². The molecule has 0 amide bonds. The standard InChI is InChI=1S/C13H14N2O2/c1-8-5-4-6-9(2)12(8)10-7-11(16)15(3)13(17)14-10/h4-7H,1-3H3,(H,14,17). The predicted octanol–water partition coefficient (Wildman–Crippen LogP) is 1.36. The second kappa shape index (κ2) is 4.05. The maximum atomic E-state index is 11.6. The van der Waals surface area contributed by atoms with E-state index in [0.29, 0.717) is 5.69 Å². The van der Waals surface area contributed by atoms with E-state index in [2.05, 4.69) is 4.98 Å². The van der Waals surface area contributed by atoms with Crippen LogP contribution in [0.15, 0.2) is 33.9 Å².